The SMILES string of the molecule is COC(=O)CN=C1NS(=O)(=O)N=C1Nc1ccc(N2CCC(NC[C@H](O)c3ccc(O)c(NS(C)(=O)=O)c3)CC2)cc1. The molecule has 2 aromatic carbocycles. The Morgan fingerprint density at radius 3 is 2.55 bits per heavy atom. The first kappa shape index (κ1) is 31.0. The molecule has 42 heavy (non-hydrogen) atoms. The fourth-order valence-electron chi connectivity index (χ4n) is 4.43. The van der Waals surface area contributed by atoms with Gasteiger partial charge in [-0.15, -0.1) is 4.40 Å². The molecular formula is C25H33N7O8S2. The van der Waals surface area contributed by atoms with Crippen molar-refractivity contribution < 1.29 is 36.6 Å². The fraction of sp³-hybridized carbons (Fsp3) is 0.400. The number of benzene rings is 2. The van der Waals surface area contributed by atoms with Crippen molar-refractivity contribution in [2.24, 2.45) is 9.39 Å². The quantitative estimate of drug-likeness (QED) is 0.156. The van der Waals surface area contributed by atoms with Crippen LogP contribution in [0, 0.1) is 0 Å². The number of esters is 1. The molecule has 6 N–H and O–H groups in total. The zero-order valence-electron chi connectivity index (χ0n) is 22.9. The third-order valence-corrected chi connectivity index (χ3v) is 8.01. The van der Waals surface area contributed by atoms with Crippen molar-refractivity contribution in [2.45, 2.75) is 25.0 Å². The Balaban J connectivity index is 1.28. The minimum Gasteiger partial charge on any atom is -0.506 e. The van der Waals surface area contributed by atoms with Gasteiger partial charge < -0.3 is 30.5 Å². The first-order valence-corrected chi connectivity index (χ1v) is 16.2. The fourth-order valence-corrected chi connectivity index (χ4v) is 5.81. The maximum absolute atomic E-state index is 11.9. The average Bonchev–Trinajstić information content (AvgIpc) is 3.24. The van der Waals surface area contributed by atoms with Gasteiger partial charge in [0.05, 0.1) is 25.2 Å². The molecule has 0 aliphatic carbocycles. The predicted octanol–water partition coefficient (Wildman–Crippen LogP) is 0.286. The van der Waals surface area contributed by atoms with Gasteiger partial charge in [0.15, 0.2) is 11.7 Å². The van der Waals surface area contributed by atoms with Crippen molar-refractivity contribution in [2.75, 3.05) is 54.5 Å². The van der Waals surface area contributed by atoms with E-state index in [2.05, 4.69) is 39.1 Å². The Bertz CT molecular complexity index is 1570. The lowest BCUT2D eigenvalue weighted by molar-refractivity contribution is -0.138. The highest BCUT2D eigenvalue weighted by Crippen LogP contribution is 2.28. The number of sulfonamides is 1. The zero-order chi connectivity index (χ0) is 30.5. The third kappa shape index (κ3) is 8.54. The van der Waals surface area contributed by atoms with Gasteiger partial charge in [0, 0.05) is 37.1 Å². The number of phenols is 1. The van der Waals surface area contributed by atoms with Crippen LogP contribution in [-0.2, 0) is 29.8 Å². The number of nitrogens with one attached hydrogen (secondary N) is 4. The molecule has 2 aliphatic heterocycles. The lowest BCUT2D eigenvalue weighted by atomic mass is 10.0. The van der Waals surface area contributed by atoms with E-state index in [0.717, 1.165) is 37.9 Å². The van der Waals surface area contributed by atoms with E-state index in [0.29, 0.717) is 11.3 Å². The largest absolute Gasteiger partial charge is 0.506 e. The van der Waals surface area contributed by atoms with E-state index in [4.69, 9.17) is 0 Å². The number of nitrogens with zero attached hydrogens (tertiary/aromatic N) is 3. The maximum Gasteiger partial charge on any atom is 0.345 e. The predicted molar refractivity (Wildman–Crippen MR) is 159 cm³/mol. The Morgan fingerprint density at radius 2 is 1.90 bits per heavy atom. The molecule has 0 amide bonds. The number of anilines is 3. The highest BCUT2D eigenvalue weighted by molar-refractivity contribution is 7.92. The number of aliphatic hydroxyl groups is 1. The van der Waals surface area contributed by atoms with Crippen molar-refractivity contribution in [1.29, 1.82) is 0 Å². The number of rotatable bonds is 10. The topological polar surface area (TPSA) is 211 Å². The molecule has 2 aromatic rings. The van der Waals surface area contributed by atoms with Crippen LogP contribution in [0.4, 0.5) is 17.1 Å². The Morgan fingerprint density at radius 1 is 1.21 bits per heavy atom. The minimum atomic E-state index is -3.96. The first-order chi connectivity index (χ1) is 19.8. The molecule has 15 nitrogen and oxygen atoms in total. The number of aliphatic hydroxyl groups excluding tert-OH is 1. The monoisotopic (exact) mass is 623 g/mol. The molecule has 1 atom stereocenters. The smallest absolute Gasteiger partial charge is 0.345 e. The molecule has 0 bridgehead atoms. The molecule has 2 heterocycles. The zero-order valence-corrected chi connectivity index (χ0v) is 24.6. The summed E-state index contributed by atoms with van der Waals surface area (Å²) in [5.74, 6) is -0.966. The summed E-state index contributed by atoms with van der Waals surface area (Å²) >= 11 is 0. The Kier molecular flexibility index (Phi) is 9.55. The lowest BCUT2D eigenvalue weighted by Crippen LogP contribution is -2.43. The van der Waals surface area contributed by atoms with Crippen LogP contribution in [0.1, 0.15) is 24.5 Å². The summed E-state index contributed by atoms with van der Waals surface area (Å²) in [6.07, 6.45) is 1.73. The molecule has 4 rings (SSSR count). The van der Waals surface area contributed by atoms with Gasteiger partial charge in [-0.2, -0.15) is 8.42 Å². The number of ether oxygens (including phenoxy) is 1. The summed E-state index contributed by atoms with van der Waals surface area (Å²) in [4.78, 5) is 17.5. The van der Waals surface area contributed by atoms with E-state index in [9.17, 15) is 31.8 Å². The van der Waals surface area contributed by atoms with Crippen molar-refractivity contribution in [3.05, 3.63) is 48.0 Å². The van der Waals surface area contributed by atoms with E-state index in [1.165, 1.54) is 19.2 Å². The van der Waals surface area contributed by atoms with Crippen LogP contribution in [0.2, 0.25) is 0 Å². The number of carbonyl (C=O) groups is 1. The van der Waals surface area contributed by atoms with Crippen molar-refractivity contribution in [3.8, 4) is 5.75 Å². The molecule has 0 radical (unpaired) electrons. The second kappa shape index (κ2) is 12.9. The van der Waals surface area contributed by atoms with Crippen LogP contribution in [0.15, 0.2) is 51.9 Å². The number of hydrogen-bond donors (Lipinski definition) is 6. The molecule has 0 spiro atoms. The number of aromatic hydroxyl groups is 1. The van der Waals surface area contributed by atoms with Gasteiger partial charge in [0.2, 0.25) is 10.0 Å². The number of amidine groups is 2. The lowest BCUT2D eigenvalue weighted by Gasteiger charge is -2.34. The minimum absolute atomic E-state index is 0.00800. The van der Waals surface area contributed by atoms with Crippen LogP contribution in [-0.4, -0.2) is 90.3 Å². The molecule has 17 heteroatoms. The number of methoxy groups -OCH3 is 1. The van der Waals surface area contributed by atoms with Crippen LogP contribution in [0.5, 0.6) is 5.75 Å². The Hall–Kier alpha value is -3.93. The van der Waals surface area contributed by atoms with E-state index < -0.39 is 32.3 Å². The summed E-state index contributed by atoms with van der Waals surface area (Å²) in [6.45, 7) is 1.43. The van der Waals surface area contributed by atoms with Crippen molar-refractivity contribution in [3.63, 3.8) is 0 Å². The van der Waals surface area contributed by atoms with E-state index in [1.807, 2.05) is 12.1 Å². The highest BCUT2D eigenvalue weighted by Gasteiger charge is 2.27. The molecule has 1 fully saturated rings. The summed E-state index contributed by atoms with van der Waals surface area (Å²) in [6, 6.07) is 11.8. The van der Waals surface area contributed by atoms with Crippen LogP contribution in [0.3, 0.4) is 0 Å². The standard InChI is InChI=1S/C25H33N7O8S2/c1-40-23(35)15-27-24-25(31-42(38,39)30-24)28-18-4-6-19(7-5-18)32-11-9-17(10-12-32)26-14-22(34)16-3-8-21(33)20(13-16)29-41(2,36)37/h3-8,13,17,22,26,29,33-34H,9-12,14-15H2,1-2H3,(H,27,30)(H,28,31)/t22-/m0/s1. The van der Waals surface area contributed by atoms with Gasteiger partial charge in [-0.05, 0) is 54.8 Å². The molecule has 1 saturated heterocycles. The second-order valence-corrected chi connectivity index (χ2v) is 12.9. The van der Waals surface area contributed by atoms with Crippen LogP contribution in [0.25, 0.3) is 0 Å². The van der Waals surface area contributed by atoms with Gasteiger partial charge >= 0.3 is 16.2 Å². The van der Waals surface area contributed by atoms with E-state index in [-0.39, 0.29) is 42.2 Å². The van der Waals surface area contributed by atoms with Crippen LogP contribution < -0.4 is 25.0 Å². The molecule has 2 aliphatic rings. The number of aliphatic imine (C=N–C) groups is 1. The average molecular weight is 624 g/mol. The summed E-state index contributed by atoms with van der Waals surface area (Å²) in [5.41, 5.74) is 2.04. The molecule has 0 aromatic heterocycles. The van der Waals surface area contributed by atoms with E-state index in [1.54, 1.807) is 18.2 Å². The van der Waals surface area contributed by atoms with Crippen molar-refractivity contribution >= 4 is 54.9 Å². The van der Waals surface area contributed by atoms with Gasteiger partial charge in [0.1, 0.15) is 12.3 Å². The molecule has 0 unspecified atom stereocenters. The first-order valence-electron chi connectivity index (χ1n) is 12.9. The Labute approximate surface area is 243 Å². The number of piperidine rings is 1. The summed E-state index contributed by atoms with van der Waals surface area (Å²) in [7, 11) is -6.34. The van der Waals surface area contributed by atoms with Gasteiger partial charge in [-0.1, -0.05) is 6.07 Å². The third-order valence-electron chi connectivity index (χ3n) is 6.55. The maximum atomic E-state index is 11.9. The normalized spacial score (nSPS) is 18.7. The van der Waals surface area contributed by atoms with Crippen molar-refractivity contribution in [1.82, 2.24) is 10.0 Å². The second-order valence-electron chi connectivity index (χ2n) is 9.77. The van der Waals surface area contributed by atoms with Gasteiger partial charge in [0.25, 0.3) is 0 Å². The van der Waals surface area contributed by atoms with Crippen LogP contribution >= 0.6 is 0 Å². The highest BCUT2D eigenvalue weighted by atomic mass is 32.2. The summed E-state index contributed by atoms with van der Waals surface area (Å²) < 4.78 is 59.3. The summed E-state index contributed by atoms with van der Waals surface area (Å²) in [5, 5.41) is 26.8. The molecule has 0 saturated carbocycles. The van der Waals surface area contributed by atoms with Gasteiger partial charge in [-0.25, -0.2) is 13.1 Å². The number of carbonyl (C=O) groups excluding carboxylic acids is 1. The molecule has 228 valence electrons. The number of hydrogen-bond acceptors (Lipinski definition) is 12. The van der Waals surface area contributed by atoms with Gasteiger partial charge in [-0.3, -0.25) is 14.5 Å². The molecular weight excluding hydrogens is 590 g/mol. The van der Waals surface area contributed by atoms with E-state index >= 15 is 0 Å². The number of phenolic OH excluding ortho intramolecular Hbond substituents is 1.